The van der Waals surface area contributed by atoms with Crippen molar-refractivity contribution < 1.29 is 9.53 Å². The van der Waals surface area contributed by atoms with Gasteiger partial charge in [0.2, 0.25) is 5.82 Å². The number of halogens is 2. The summed E-state index contributed by atoms with van der Waals surface area (Å²) in [6.45, 7) is 2.58. The van der Waals surface area contributed by atoms with E-state index in [0.29, 0.717) is 6.61 Å². The van der Waals surface area contributed by atoms with Crippen LogP contribution in [-0.4, -0.2) is 40.1 Å². The summed E-state index contributed by atoms with van der Waals surface area (Å²) in [6, 6.07) is 0.265. The molecule has 1 heterocycles. The Labute approximate surface area is 135 Å². The van der Waals surface area contributed by atoms with E-state index in [0.717, 1.165) is 25.7 Å². The Morgan fingerprint density at radius 1 is 1.38 bits per heavy atom. The third-order valence-corrected chi connectivity index (χ3v) is 4.67. The van der Waals surface area contributed by atoms with Gasteiger partial charge in [0.1, 0.15) is 11.9 Å². The smallest absolute Gasteiger partial charge is 0.290 e. The van der Waals surface area contributed by atoms with Crippen molar-refractivity contribution in [1.29, 1.82) is 0 Å². The SMILES string of the molecule is CCOCn1c(C(=O)N(C)C2CCCCC2)nc(Cl)c1Cl. The van der Waals surface area contributed by atoms with Crippen molar-refractivity contribution in [1.82, 2.24) is 14.5 Å². The molecule has 1 aliphatic rings. The summed E-state index contributed by atoms with van der Waals surface area (Å²) >= 11 is 12.1. The van der Waals surface area contributed by atoms with Crippen LogP contribution >= 0.6 is 23.2 Å². The van der Waals surface area contributed by atoms with Crippen molar-refractivity contribution in [2.24, 2.45) is 0 Å². The van der Waals surface area contributed by atoms with Gasteiger partial charge in [0.05, 0.1) is 0 Å². The molecule has 5 nitrogen and oxygen atoms in total. The van der Waals surface area contributed by atoms with Crippen LogP contribution in [0.25, 0.3) is 0 Å². The van der Waals surface area contributed by atoms with Crippen LogP contribution in [0.3, 0.4) is 0 Å². The fourth-order valence-electron chi connectivity index (χ4n) is 2.66. The first-order chi connectivity index (χ1) is 10.1. The molecular formula is C14H21Cl2N3O2. The first-order valence-electron chi connectivity index (χ1n) is 7.32. The van der Waals surface area contributed by atoms with Crippen LogP contribution in [0.1, 0.15) is 49.6 Å². The maximum absolute atomic E-state index is 12.7. The van der Waals surface area contributed by atoms with Crippen LogP contribution < -0.4 is 0 Å². The van der Waals surface area contributed by atoms with Gasteiger partial charge >= 0.3 is 0 Å². The van der Waals surface area contributed by atoms with Crippen LogP contribution in [0.15, 0.2) is 0 Å². The molecule has 0 aromatic carbocycles. The van der Waals surface area contributed by atoms with Gasteiger partial charge in [-0.3, -0.25) is 9.36 Å². The molecule has 7 heteroatoms. The van der Waals surface area contributed by atoms with Crippen LogP contribution in [0, 0.1) is 0 Å². The van der Waals surface area contributed by atoms with E-state index in [-0.39, 0.29) is 34.8 Å². The van der Waals surface area contributed by atoms with E-state index in [2.05, 4.69) is 4.98 Å². The highest BCUT2D eigenvalue weighted by atomic mass is 35.5. The van der Waals surface area contributed by atoms with E-state index >= 15 is 0 Å². The van der Waals surface area contributed by atoms with Gasteiger partial charge in [-0.2, -0.15) is 0 Å². The molecule has 118 valence electrons. The number of hydrogen-bond donors (Lipinski definition) is 0. The average Bonchev–Trinajstić information content (AvgIpc) is 2.80. The molecule has 0 spiro atoms. The van der Waals surface area contributed by atoms with E-state index in [1.54, 1.807) is 4.90 Å². The molecule has 1 saturated carbocycles. The number of carbonyl (C=O) groups is 1. The second kappa shape index (κ2) is 7.47. The van der Waals surface area contributed by atoms with Crippen LogP contribution in [0.2, 0.25) is 10.3 Å². The van der Waals surface area contributed by atoms with Gasteiger partial charge in [0.15, 0.2) is 5.15 Å². The van der Waals surface area contributed by atoms with Gasteiger partial charge in [-0.15, -0.1) is 0 Å². The molecule has 1 amide bonds. The highest BCUT2D eigenvalue weighted by Gasteiger charge is 2.28. The van der Waals surface area contributed by atoms with Crippen molar-refractivity contribution in [3.63, 3.8) is 0 Å². The Bertz CT molecular complexity index is 499. The van der Waals surface area contributed by atoms with Crippen molar-refractivity contribution in [2.45, 2.75) is 51.8 Å². The van der Waals surface area contributed by atoms with E-state index in [4.69, 9.17) is 27.9 Å². The Kier molecular flexibility index (Phi) is 5.90. The Hall–Kier alpha value is -0.780. The molecule has 1 fully saturated rings. The molecule has 21 heavy (non-hydrogen) atoms. The number of hydrogen-bond acceptors (Lipinski definition) is 3. The number of nitrogens with zero attached hydrogens (tertiary/aromatic N) is 3. The molecular weight excluding hydrogens is 313 g/mol. The normalized spacial score (nSPS) is 16.2. The lowest BCUT2D eigenvalue weighted by molar-refractivity contribution is 0.0619. The molecule has 0 N–H and O–H groups in total. The second-order valence-electron chi connectivity index (χ2n) is 5.27. The summed E-state index contributed by atoms with van der Waals surface area (Å²) in [5.74, 6) is 0.0851. The van der Waals surface area contributed by atoms with Gasteiger partial charge < -0.3 is 9.64 Å². The number of rotatable bonds is 5. The maximum Gasteiger partial charge on any atom is 0.290 e. The number of imidazole rings is 1. The molecule has 0 unspecified atom stereocenters. The number of ether oxygens (including phenoxy) is 1. The molecule has 0 bridgehead atoms. The lowest BCUT2D eigenvalue weighted by Crippen LogP contribution is -2.39. The predicted octanol–water partition coefficient (Wildman–Crippen LogP) is 3.59. The third-order valence-electron chi connectivity index (χ3n) is 3.93. The van der Waals surface area contributed by atoms with Crippen molar-refractivity contribution in [3.05, 3.63) is 16.1 Å². The van der Waals surface area contributed by atoms with Crippen molar-refractivity contribution in [3.8, 4) is 0 Å². The number of carbonyl (C=O) groups excluding carboxylic acids is 1. The zero-order valence-corrected chi connectivity index (χ0v) is 14.0. The number of aromatic nitrogens is 2. The van der Waals surface area contributed by atoms with Crippen molar-refractivity contribution in [2.75, 3.05) is 13.7 Å². The molecule has 2 rings (SSSR count). The van der Waals surface area contributed by atoms with Crippen molar-refractivity contribution >= 4 is 29.1 Å². The summed E-state index contributed by atoms with van der Waals surface area (Å²) in [5, 5.41) is 0.377. The van der Waals surface area contributed by atoms with Gasteiger partial charge in [0, 0.05) is 19.7 Å². The average molecular weight is 334 g/mol. The molecule has 1 aliphatic carbocycles. The zero-order chi connectivity index (χ0) is 15.4. The number of amides is 1. The highest BCUT2D eigenvalue weighted by molar-refractivity contribution is 6.40. The maximum atomic E-state index is 12.7. The summed E-state index contributed by atoms with van der Waals surface area (Å²) in [6.07, 6.45) is 5.65. The zero-order valence-electron chi connectivity index (χ0n) is 12.4. The van der Waals surface area contributed by atoms with Gasteiger partial charge in [-0.1, -0.05) is 42.5 Å². The monoisotopic (exact) mass is 333 g/mol. The minimum atomic E-state index is -0.157. The molecule has 0 atom stereocenters. The summed E-state index contributed by atoms with van der Waals surface area (Å²) in [5.41, 5.74) is 0. The minimum Gasteiger partial charge on any atom is -0.361 e. The topological polar surface area (TPSA) is 47.4 Å². The van der Waals surface area contributed by atoms with Crippen LogP contribution in [-0.2, 0) is 11.5 Å². The van der Waals surface area contributed by atoms with E-state index < -0.39 is 0 Å². The Balaban J connectivity index is 2.19. The van der Waals surface area contributed by atoms with Gasteiger partial charge in [0.25, 0.3) is 5.91 Å². The quantitative estimate of drug-likeness (QED) is 0.827. The molecule has 0 aliphatic heterocycles. The lowest BCUT2D eigenvalue weighted by atomic mass is 9.94. The first kappa shape index (κ1) is 16.6. The van der Waals surface area contributed by atoms with Gasteiger partial charge in [-0.05, 0) is 19.8 Å². The second-order valence-corrected chi connectivity index (χ2v) is 5.99. The standard InChI is InChI=1S/C14H21Cl2N3O2/c1-3-21-9-19-12(16)11(15)17-13(19)14(20)18(2)10-7-5-4-6-8-10/h10H,3-9H2,1-2H3. The molecule has 0 radical (unpaired) electrons. The lowest BCUT2D eigenvalue weighted by Gasteiger charge is -2.31. The van der Waals surface area contributed by atoms with E-state index in [1.165, 1.54) is 11.0 Å². The Morgan fingerprint density at radius 3 is 2.67 bits per heavy atom. The summed E-state index contributed by atoms with van der Waals surface area (Å²) < 4.78 is 6.86. The highest BCUT2D eigenvalue weighted by Crippen LogP contribution is 2.26. The summed E-state index contributed by atoms with van der Waals surface area (Å²) in [7, 11) is 1.82. The predicted molar refractivity (Wildman–Crippen MR) is 82.8 cm³/mol. The van der Waals surface area contributed by atoms with E-state index in [1.807, 2.05) is 14.0 Å². The fourth-order valence-corrected chi connectivity index (χ4v) is 3.01. The Morgan fingerprint density at radius 2 is 2.05 bits per heavy atom. The van der Waals surface area contributed by atoms with Gasteiger partial charge in [-0.25, -0.2) is 4.98 Å². The van der Waals surface area contributed by atoms with Crippen LogP contribution in [0.5, 0.6) is 0 Å². The van der Waals surface area contributed by atoms with E-state index in [9.17, 15) is 4.79 Å². The minimum absolute atomic E-state index is 0.136. The fraction of sp³-hybridized carbons (Fsp3) is 0.714. The molecule has 1 aromatic heterocycles. The largest absolute Gasteiger partial charge is 0.361 e. The molecule has 1 aromatic rings. The third kappa shape index (κ3) is 3.71. The molecule has 0 saturated heterocycles. The summed E-state index contributed by atoms with van der Waals surface area (Å²) in [4.78, 5) is 18.5. The first-order valence-corrected chi connectivity index (χ1v) is 8.08. The van der Waals surface area contributed by atoms with Crippen LogP contribution in [0.4, 0.5) is 0 Å².